The van der Waals surface area contributed by atoms with E-state index in [2.05, 4.69) is 33.2 Å². The molecule has 23 heavy (non-hydrogen) atoms. The van der Waals surface area contributed by atoms with Gasteiger partial charge in [-0.05, 0) is 65.4 Å². The van der Waals surface area contributed by atoms with Crippen LogP contribution in [0.3, 0.4) is 0 Å². The first kappa shape index (κ1) is 15.6. The number of rotatable bonds is 2. The third-order valence-electron chi connectivity index (χ3n) is 3.31. The fourth-order valence-electron chi connectivity index (χ4n) is 2.10. The topological polar surface area (TPSA) is 76.7 Å². The van der Waals surface area contributed by atoms with Crippen molar-refractivity contribution in [2.75, 3.05) is 12.1 Å². The lowest BCUT2D eigenvalue weighted by molar-refractivity contribution is 0.0966. The lowest BCUT2D eigenvalue weighted by Gasteiger charge is -2.10. The molecule has 2 aromatic rings. The van der Waals surface area contributed by atoms with Crippen LogP contribution in [0.4, 0.5) is 10.5 Å². The lowest BCUT2D eigenvalue weighted by atomic mass is 10.2. The molecule has 3 amide bonds. The van der Waals surface area contributed by atoms with Gasteiger partial charge >= 0.3 is 6.03 Å². The number of halogens is 1. The Morgan fingerprint density at radius 3 is 2.70 bits per heavy atom. The summed E-state index contributed by atoms with van der Waals surface area (Å²) in [6.07, 6.45) is 0. The summed E-state index contributed by atoms with van der Waals surface area (Å²) in [5, 5.41) is 4.97. The Hall–Kier alpha value is -2.29. The van der Waals surface area contributed by atoms with Gasteiger partial charge < -0.3 is 14.8 Å². The summed E-state index contributed by atoms with van der Waals surface area (Å²) in [6.45, 7) is 2.01. The Morgan fingerprint density at radius 2 is 1.87 bits per heavy atom. The van der Waals surface area contributed by atoms with Crippen molar-refractivity contribution in [1.82, 2.24) is 5.32 Å². The predicted molar refractivity (Wildman–Crippen MR) is 92.9 cm³/mol. The van der Waals surface area contributed by atoms with E-state index in [-0.39, 0.29) is 6.79 Å². The zero-order chi connectivity index (χ0) is 16.4. The van der Waals surface area contributed by atoms with Crippen molar-refractivity contribution in [2.24, 2.45) is 0 Å². The predicted octanol–water partition coefficient (Wildman–Crippen LogP) is 3.29. The van der Waals surface area contributed by atoms with Gasteiger partial charge in [-0.25, -0.2) is 4.79 Å². The molecule has 6 nitrogen and oxygen atoms in total. The van der Waals surface area contributed by atoms with Crippen LogP contribution in [0.1, 0.15) is 15.9 Å². The first-order chi connectivity index (χ1) is 11.0. The second kappa shape index (κ2) is 6.45. The zero-order valence-corrected chi connectivity index (χ0v) is 14.3. The Bertz CT molecular complexity index is 792. The number of benzene rings is 2. The first-order valence-electron chi connectivity index (χ1n) is 6.81. The molecule has 0 bridgehead atoms. The van der Waals surface area contributed by atoms with Crippen LogP contribution in [0, 0.1) is 10.5 Å². The minimum absolute atomic E-state index is 0.132. The second-order valence-corrected chi connectivity index (χ2v) is 6.18. The number of ether oxygens (including phenoxy) is 2. The molecule has 0 saturated heterocycles. The highest BCUT2D eigenvalue weighted by Gasteiger charge is 2.17. The number of anilines is 1. The van der Waals surface area contributed by atoms with E-state index in [1.165, 1.54) is 0 Å². The third kappa shape index (κ3) is 3.55. The van der Waals surface area contributed by atoms with Crippen molar-refractivity contribution in [3.8, 4) is 11.5 Å². The van der Waals surface area contributed by atoms with Gasteiger partial charge in [-0.1, -0.05) is 6.07 Å². The molecule has 1 aliphatic heterocycles. The molecule has 0 atom stereocenters. The summed E-state index contributed by atoms with van der Waals surface area (Å²) >= 11 is 2.16. The maximum atomic E-state index is 12.1. The molecule has 0 aromatic heterocycles. The van der Waals surface area contributed by atoms with E-state index in [0.29, 0.717) is 22.7 Å². The van der Waals surface area contributed by atoms with Crippen LogP contribution in [0.25, 0.3) is 0 Å². The van der Waals surface area contributed by atoms with E-state index < -0.39 is 11.9 Å². The van der Waals surface area contributed by atoms with Gasteiger partial charge in [0.1, 0.15) is 0 Å². The van der Waals surface area contributed by atoms with E-state index >= 15 is 0 Å². The van der Waals surface area contributed by atoms with Crippen molar-refractivity contribution in [2.45, 2.75) is 6.92 Å². The molecular formula is C16H13IN2O4. The van der Waals surface area contributed by atoms with Crippen LogP contribution in [0.2, 0.25) is 0 Å². The molecule has 3 rings (SSSR count). The number of nitrogens with one attached hydrogen (secondary N) is 2. The summed E-state index contributed by atoms with van der Waals surface area (Å²) in [6, 6.07) is 9.85. The monoisotopic (exact) mass is 424 g/mol. The average molecular weight is 424 g/mol. The Labute approximate surface area is 146 Å². The molecule has 0 fully saturated rings. The Morgan fingerprint density at radius 1 is 1.09 bits per heavy atom. The minimum atomic E-state index is -0.585. The quantitative estimate of drug-likeness (QED) is 0.726. The fourth-order valence-corrected chi connectivity index (χ4v) is 2.59. The van der Waals surface area contributed by atoms with E-state index in [1.54, 1.807) is 18.2 Å². The molecule has 0 saturated carbocycles. The van der Waals surface area contributed by atoms with Crippen molar-refractivity contribution in [1.29, 1.82) is 0 Å². The van der Waals surface area contributed by atoms with Crippen LogP contribution >= 0.6 is 22.6 Å². The van der Waals surface area contributed by atoms with Crippen LogP contribution in [-0.4, -0.2) is 18.7 Å². The van der Waals surface area contributed by atoms with Gasteiger partial charge in [0.25, 0.3) is 5.91 Å². The molecule has 7 heteroatoms. The summed E-state index contributed by atoms with van der Waals surface area (Å²) in [5.74, 6) is 0.566. The molecule has 0 radical (unpaired) electrons. The summed E-state index contributed by atoms with van der Waals surface area (Å²) in [5.41, 5.74) is 1.90. The molecule has 0 spiro atoms. The molecular weight excluding hydrogens is 411 g/mol. The number of fused-ring (bicyclic) bond motifs is 1. The van der Waals surface area contributed by atoms with Gasteiger partial charge in [0, 0.05) is 14.8 Å². The third-order valence-corrected chi connectivity index (χ3v) is 3.98. The second-order valence-electron chi connectivity index (χ2n) is 4.94. The fraction of sp³-hybridized carbons (Fsp3) is 0.125. The molecule has 2 aromatic carbocycles. The zero-order valence-electron chi connectivity index (χ0n) is 12.2. The number of aryl methyl sites for hydroxylation is 1. The maximum Gasteiger partial charge on any atom is 0.326 e. The normalized spacial score (nSPS) is 11.9. The van der Waals surface area contributed by atoms with Crippen molar-refractivity contribution >= 4 is 40.2 Å². The van der Waals surface area contributed by atoms with E-state index in [1.807, 2.05) is 25.1 Å². The number of carbonyl (C=O) groups is 2. The number of carbonyl (C=O) groups excluding carboxylic acids is 2. The molecule has 0 aliphatic carbocycles. The van der Waals surface area contributed by atoms with Gasteiger partial charge in [0.2, 0.25) is 6.79 Å². The van der Waals surface area contributed by atoms with E-state index in [4.69, 9.17) is 9.47 Å². The van der Waals surface area contributed by atoms with Crippen molar-refractivity contribution in [3.05, 3.63) is 51.1 Å². The van der Waals surface area contributed by atoms with Crippen molar-refractivity contribution < 1.29 is 19.1 Å². The Kier molecular flexibility index (Phi) is 4.37. The van der Waals surface area contributed by atoms with Gasteiger partial charge in [0.05, 0.1) is 0 Å². The largest absolute Gasteiger partial charge is 0.454 e. The Balaban J connectivity index is 1.68. The average Bonchev–Trinajstić information content (AvgIpc) is 2.98. The number of urea groups is 1. The van der Waals surface area contributed by atoms with Crippen molar-refractivity contribution in [3.63, 3.8) is 0 Å². The van der Waals surface area contributed by atoms with Gasteiger partial charge in [-0.15, -0.1) is 0 Å². The van der Waals surface area contributed by atoms with Crippen LogP contribution in [-0.2, 0) is 0 Å². The lowest BCUT2D eigenvalue weighted by Crippen LogP contribution is -2.34. The number of amides is 3. The van der Waals surface area contributed by atoms with E-state index in [0.717, 1.165) is 9.13 Å². The molecule has 1 aliphatic rings. The van der Waals surface area contributed by atoms with Gasteiger partial charge in [0.15, 0.2) is 11.5 Å². The molecule has 1 heterocycles. The van der Waals surface area contributed by atoms with Crippen LogP contribution in [0.5, 0.6) is 11.5 Å². The number of hydrogen-bond acceptors (Lipinski definition) is 4. The SMILES string of the molecule is Cc1ccc(I)cc1NC(=O)NC(=O)c1ccc2c(c1)OCO2. The van der Waals surface area contributed by atoms with Gasteiger partial charge in [-0.3, -0.25) is 10.1 Å². The highest BCUT2D eigenvalue weighted by Crippen LogP contribution is 2.32. The van der Waals surface area contributed by atoms with E-state index in [9.17, 15) is 9.59 Å². The summed E-state index contributed by atoms with van der Waals surface area (Å²) in [7, 11) is 0. The van der Waals surface area contributed by atoms with Crippen LogP contribution < -0.4 is 20.1 Å². The van der Waals surface area contributed by atoms with Gasteiger partial charge in [-0.2, -0.15) is 0 Å². The maximum absolute atomic E-state index is 12.1. The summed E-state index contributed by atoms with van der Waals surface area (Å²) < 4.78 is 11.4. The molecule has 2 N–H and O–H groups in total. The standard InChI is InChI=1S/C16H13IN2O4/c1-9-2-4-11(17)7-12(9)18-16(21)19-15(20)10-3-5-13-14(6-10)23-8-22-13/h2-7H,8H2,1H3,(H2,18,19,20,21). The molecule has 0 unspecified atom stereocenters. The number of hydrogen-bond donors (Lipinski definition) is 2. The molecule has 118 valence electrons. The van der Waals surface area contributed by atoms with Crippen LogP contribution in [0.15, 0.2) is 36.4 Å². The highest BCUT2D eigenvalue weighted by atomic mass is 127. The smallest absolute Gasteiger partial charge is 0.326 e. The minimum Gasteiger partial charge on any atom is -0.454 e. The highest BCUT2D eigenvalue weighted by molar-refractivity contribution is 14.1. The summed E-state index contributed by atoms with van der Waals surface area (Å²) in [4.78, 5) is 24.1. The first-order valence-corrected chi connectivity index (χ1v) is 7.89. The number of imide groups is 1.